The molecule has 0 aliphatic heterocycles. The first kappa shape index (κ1) is 17.1. The van der Waals surface area contributed by atoms with Crippen LogP contribution in [0.3, 0.4) is 0 Å². The zero-order chi connectivity index (χ0) is 15.0. The Hall–Kier alpha value is -0.950. The predicted octanol–water partition coefficient (Wildman–Crippen LogP) is 0.793. The first-order chi connectivity index (χ1) is 9.63. The van der Waals surface area contributed by atoms with Gasteiger partial charge in [0.25, 0.3) is 0 Å². The minimum absolute atomic E-state index is 0.0629. The van der Waals surface area contributed by atoms with E-state index in [9.17, 15) is 0 Å². The third-order valence-electron chi connectivity index (χ3n) is 3.50. The van der Waals surface area contributed by atoms with E-state index in [1.54, 1.807) is 14.2 Å². The van der Waals surface area contributed by atoms with E-state index >= 15 is 0 Å². The lowest BCUT2D eigenvalue weighted by Crippen LogP contribution is -2.43. The molecule has 2 atom stereocenters. The van der Waals surface area contributed by atoms with E-state index in [0.717, 1.165) is 25.1 Å². The Kier molecular flexibility index (Phi) is 7.76. The summed E-state index contributed by atoms with van der Waals surface area (Å²) >= 11 is 0. The molecule has 1 aromatic rings. The molecule has 0 aromatic carbocycles. The summed E-state index contributed by atoms with van der Waals surface area (Å²) in [5.74, 6) is 0. The van der Waals surface area contributed by atoms with Crippen LogP contribution < -0.4 is 5.73 Å². The van der Waals surface area contributed by atoms with Crippen LogP contribution in [0.15, 0.2) is 12.4 Å². The maximum absolute atomic E-state index is 6.34. The molecule has 6 nitrogen and oxygen atoms in total. The van der Waals surface area contributed by atoms with Crippen LogP contribution in [-0.4, -0.2) is 61.2 Å². The van der Waals surface area contributed by atoms with Crippen molar-refractivity contribution in [3.63, 3.8) is 0 Å². The van der Waals surface area contributed by atoms with Gasteiger partial charge in [0, 0.05) is 52.2 Å². The van der Waals surface area contributed by atoms with Gasteiger partial charge in [0.2, 0.25) is 0 Å². The molecule has 116 valence electrons. The summed E-state index contributed by atoms with van der Waals surface area (Å²) in [6, 6.07) is 0.201. The summed E-state index contributed by atoms with van der Waals surface area (Å²) in [6.45, 7) is 5.12. The van der Waals surface area contributed by atoms with Crippen molar-refractivity contribution in [3.05, 3.63) is 18.0 Å². The molecule has 2 unspecified atom stereocenters. The maximum atomic E-state index is 6.34. The summed E-state index contributed by atoms with van der Waals surface area (Å²) in [7, 11) is 5.35. The van der Waals surface area contributed by atoms with Crippen molar-refractivity contribution in [2.75, 3.05) is 40.5 Å². The Labute approximate surface area is 121 Å². The molecule has 2 N–H and O–H groups in total. The van der Waals surface area contributed by atoms with Crippen molar-refractivity contribution in [2.24, 2.45) is 12.8 Å². The third-order valence-corrected chi connectivity index (χ3v) is 3.50. The van der Waals surface area contributed by atoms with Crippen LogP contribution >= 0.6 is 0 Å². The van der Waals surface area contributed by atoms with Gasteiger partial charge in [-0.3, -0.25) is 9.58 Å². The van der Waals surface area contributed by atoms with E-state index in [2.05, 4.69) is 16.9 Å². The highest BCUT2D eigenvalue weighted by Crippen LogP contribution is 2.24. The molecule has 6 heteroatoms. The molecule has 0 amide bonds. The molecule has 20 heavy (non-hydrogen) atoms. The highest BCUT2D eigenvalue weighted by Gasteiger charge is 2.26. The third kappa shape index (κ3) is 4.86. The van der Waals surface area contributed by atoms with Gasteiger partial charge >= 0.3 is 0 Å². The second-order valence-corrected chi connectivity index (χ2v) is 4.99. The molecular weight excluding hydrogens is 256 g/mol. The summed E-state index contributed by atoms with van der Waals surface area (Å²) < 4.78 is 12.2. The number of hydrogen-bond donors (Lipinski definition) is 1. The van der Waals surface area contributed by atoms with Gasteiger partial charge in [-0.1, -0.05) is 6.92 Å². The van der Waals surface area contributed by atoms with Crippen LogP contribution in [0.2, 0.25) is 0 Å². The van der Waals surface area contributed by atoms with Crippen molar-refractivity contribution in [1.82, 2.24) is 14.7 Å². The first-order valence-corrected chi connectivity index (χ1v) is 7.10. The average Bonchev–Trinajstić information content (AvgIpc) is 2.87. The molecule has 0 radical (unpaired) electrons. The number of nitrogens with zero attached hydrogens (tertiary/aromatic N) is 3. The average molecular weight is 284 g/mol. The Morgan fingerprint density at radius 1 is 1.30 bits per heavy atom. The van der Waals surface area contributed by atoms with Gasteiger partial charge in [0.15, 0.2) is 0 Å². The molecule has 0 saturated heterocycles. The second-order valence-electron chi connectivity index (χ2n) is 4.99. The van der Waals surface area contributed by atoms with Crippen LogP contribution in [0.4, 0.5) is 0 Å². The van der Waals surface area contributed by atoms with Crippen molar-refractivity contribution in [3.8, 4) is 0 Å². The predicted molar refractivity (Wildman–Crippen MR) is 79.5 cm³/mol. The minimum atomic E-state index is 0.0629. The molecular formula is C14H28N4O2. The lowest BCUT2D eigenvalue weighted by Gasteiger charge is -2.34. The summed E-state index contributed by atoms with van der Waals surface area (Å²) in [6.07, 6.45) is 4.84. The fourth-order valence-corrected chi connectivity index (χ4v) is 2.35. The zero-order valence-corrected chi connectivity index (χ0v) is 13.1. The lowest BCUT2D eigenvalue weighted by molar-refractivity contribution is 0.0775. The fraction of sp³-hybridized carbons (Fsp3) is 0.786. The monoisotopic (exact) mass is 284 g/mol. The number of ether oxygens (including phenoxy) is 2. The Morgan fingerprint density at radius 2 is 1.90 bits per heavy atom. The normalized spacial score (nSPS) is 14.7. The van der Waals surface area contributed by atoms with Crippen molar-refractivity contribution in [2.45, 2.75) is 25.4 Å². The SMILES string of the molecule is CCC(N)C(c1cnn(C)c1)N(CCOC)CCOC. The molecule has 0 spiro atoms. The topological polar surface area (TPSA) is 65.5 Å². The van der Waals surface area contributed by atoms with Gasteiger partial charge in [0.1, 0.15) is 0 Å². The number of hydrogen-bond acceptors (Lipinski definition) is 5. The van der Waals surface area contributed by atoms with Gasteiger partial charge in [0.05, 0.1) is 25.5 Å². The van der Waals surface area contributed by atoms with Crippen LogP contribution in [0.1, 0.15) is 24.9 Å². The molecule has 0 aliphatic carbocycles. The van der Waals surface area contributed by atoms with E-state index in [-0.39, 0.29) is 12.1 Å². The Bertz CT molecular complexity index is 362. The van der Waals surface area contributed by atoms with E-state index in [0.29, 0.717) is 13.2 Å². The van der Waals surface area contributed by atoms with Gasteiger partial charge in [-0.2, -0.15) is 5.10 Å². The number of methoxy groups -OCH3 is 2. The van der Waals surface area contributed by atoms with E-state index in [1.807, 2.05) is 24.1 Å². The largest absolute Gasteiger partial charge is 0.383 e. The standard InChI is InChI=1S/C14H28N4O2/c1-5-13(15)14(12-10-16-17(2)11-12)18(6-8-19-3)7-9-20-4/h10-11,13-14H,5-9,15H2,1-4H3. The van der Waals surface area contributed by atoms with Crippen molar-refractivity contribution < 1.29 is 9.47 Å². The quantitative estimate of drug-likeness (QED) is 0.688. The van der Waals surface area contributed by atoms with Gasteiger partial charge in [-0.15, -0.1) is 0 Å². The second kappa shape index (κ2) is 9.07. The Morgan fingerprint density at radius 3 is 2.30 bits per heavy atom. The smallest absolute Gasteiger partial charge is 0.0589 e. The molecule has 0 bridgehead atoms. The molecule has 0 fully saturated rings. The van der Waals surface area contributed by atoms with E-state index < -0.39 is 0 Å². The summed E-state index contributed by atoms with van der Waals surface area (Å²) in [4.78, 5) is 2.32. The molecule has 1 rings (SSSR count). The molecule has 1 aromatic heterocycles. The lowest BCUT2D eigenvalue weighted by atomic mass is 9.99. The zero-order valence-electron chi connectivity index (χ0n) is 13.1. The molecule has 1 heterocycles. The number of rotatable bonds is 10. The summed E-state index contributed by atoms with van der Waals surface area (Å²) in [5.41, 5.74) is 7.49. The van der Waals surface area contributed by atoms with Crippen molar-refractivity contribution in [1.29, 1.82) is 0 Å². The molecule has 0 aliphatic rings. The minimum Gasteiger partial charge on any atom is -0.383 e. The summed E-state index contributed by atoms with van der Waals surface area (Å²) in [5, 5.41) is 4.27. The highest BCUT2D eigenvalue weighted by molar-refractivity contribution is 5.13. The first-order valence-electron chi connectivity index (χ1n) is 7.10. The van der Waals surface area contributed by atoms with Gasteiger partial charge in [-0.05, 0) is 6.42 Å². The molecule has 0 saturated carbocycles. The number of nitrogens with two attached hydrogens (primary N) is 1. The van der Waals surface area contributed by atoms with Crippen LogP contribution in [0.25, 0.3) is 0 Å². The number of aryl methyl sites for hydroxylation is 1. The van der Waals surface area contributed by atoms with E-state index in [4.69, 9.17) is 15.2 Å². The highest BCUT2D eigenvalue weighted by atomic mass is 16.5. The van der Waals surface area contributed by atoms with Gasteiger partial charge < -0.3 is 15.2 Å². The fourth-order valence-electron chi connectivity index (χ4n) is 2.35. The number of aromatic nitrogens is 2. The Balaban J connectivity index is 2.90. The van der Waals surface area contributed by atoms with Crippen LogP contribution in [0, 0.1) is 0 Å². The van der Waals surface area contributed by atoms with Crippen LogP contribution in [0.5, 0.6) is 0 Å². The van der Waals surface area contributed by atoms with Crippen molar-refractivity contribution >= 4 is 0 Å². The van der Waals surface area contributed by atoms with E-state index in [1.165, 1.54) is 0 Å². The maximum Gasteiger partial charge on any atom is 0.0589 e. The van der Waals surface area contributed by atoms with Gasteiger partial charge in [-0.25, -0.2) is 0 Å². The van der Waals surface area contributed by atoms with Crippen LogP contribution in [-0.2, 0) is 16.5 Å².